The Kier molecular flexibility index (Phi) is 6.87. The Labute approximate surface area is 173 Å². The highest BCUT2D eigenvalue weighted by molar-refractivity contribution is 6.30. The molecule has 5 nitrogen and oxygen atoms in total. The number of halogens is 1. The molecular formula is C23H20ClNO4. The lowest BCUT2D eigenvalue weighted by atomic mass is 9.92. The number of rotatable bonds is 8. The number of ether oxygens (including phenoxy) is 1. The molecule has 3 aromatic carbocycles. The minimum Gasteiger partial charge on any atom is -0.481 e. The fourth-order valence-corrected chi connectivity index (χ4v) is 3.13. The van der Waals surface area contributed by atoms with Crippen LogP contribution >= 0.6 is 11.6 Å². The van der Waals surface area contributed by atoms with Crippen molar-refractivity contribution in [3.05, 3.63) is 89.4 Å². The van der Waals surface area contributed by atoms with Crippen LogP contribution in [0, 0.1) is 0 Å². The van der Waals surface area contributed by atoms with E-state index in [0.717, 1.165) is 5.56 Å². The lowest BCUT2D eigenvalue weighted by Gasteiger charge is -2.15. The Hall–Kier alpha value is -3.31. The summed E-state index contributed by atoms with van der Waals surface area (Å²) in [5.41, 5.74) is 1.44. The monoisotopic (exact) mass is 409 g/mol. The van der Waals surface area contributed by atoms with Crippen LogP contribution in [0.1, 0.15) is 24.3 Å². The summed E-state index contributed by atoms with van der Waals surface area (Å²) < 4.78 is 5.72. The molecule has 0 heterocycles. The Morgan fingerprint density at radius 1 is 0.897 bits per heavy atom. The molecule has 1 atom stereocenters. The van der Waals surface area contributed by atoms with Crippen LogP contribution in [0.15, 0.2) is 78.9 Å². The summed E-state index contributed by atoms with van der Waals surface area (Å²) in [5.74, 6) is -0.344. The quantitative estimate of drug-likeness (QED) is 0.499. The molecule has 1 unspecified atom stereocenters. The van der Waals surface area contributed by atoms with Crippen LogP contribution in [0.5, 0.6) is 11.5 Å². The fourth-order valence-electron chi connectivity index (χ4n) is 2.95. The van der Waals surface area contributed by atoms with Crippen LogP contribution in [0.4, 0.5) is 5.69 Å². The largest absolute Gasteiger partial charge is 0.481 e. The van der Waals surface area contributed by atoms with Crippen molar-refractivity contribution in [3.8, 4) is 11.5 Å². The Bertz CT molecular complexity index is 974. The highest BCUT2D eigenvalue weighted by Crippen LogP contribution is 2.27. The minimum absolute atomic E-state index is 0.0804. The van der Waals surface area contributed by atoms with Gasteiger partial charge in [0.1, 0.15) is 11.5 Å². The molecule has 2 N–H and O–H groups in total. The summed E-state index contributed by atoms with van der Waals surface area (Å²) in [4.78, 5) is 23.6. The van der Waals surface area contributed by atoms with Crippen molar-refractivity contribution in [2.45, 2.75) is 18.8 Å². The maximum absolute atomic E-state index is 12.4. The zero-order valence-electron chi connectivity index (χ0n) is 15.5. The molecule has 1 amide bonds. The van der Waals surface area contributed by atoms with Gasteiger partial charge in [-0.15, -0.1) is 0 Å². The normalized spacial score (nSPS) is 11.5. The summed E-state index contributed by atoms with van der Waals surface area (Å²) in [7, 11) is 0. The first kappa shape index (κ1) is 20.4. The molecule has 0 saturated carbocycles. The molecule has 0 radical (unpaired) electrons. The summed E-state index contributed by atoms with van der Waals surface area (Å²) in [6.07, 6.45) is -0.0269. The van der Waals surface area contributed by atoms with E-state index < -0.39 is 5.97 Å². The van der Waals surface area contributed by atoms with E-state index in [1.807, 2.05) is 30.3 Å². The average molecular weight is 410 g/mol. The van der Waals surface area contributed by atoms with Crippen molar-refractivity contribution in [3.63, 3.8) is 0 Å². The van der Waals surface area contributed by atoms with Gasteiger partial charge in [-0.05, 0) is 48.0 Å². The van der Waals surface area contributed by atoms with Gasteiger partial charge in [-0.2, -0.15) is 0 Å². The van der Waals surface area contributed by atoms with E-state index in [0.29, 0.717) is 22.2 Å². The van der Waals surface area contributed by atoms with Gasteiger partial charge in [0.15, 0.2) is 0 Å². The lowest BCUT2D eigenvalue weighted by Crippen LogP contribution is -2.17. The maximum atomic E-state index is 12.4. The number of hydrogen-bond donors (Lipinski definition) is 2. The predicted molar refractivity (Wildman–Crippen MR) is 113 cm³/mol. The highest BCUT2D eigenvalue weighted by Gasteiger charge is 2.19. The van der Waals surface area contributed by atoms with E-state index >= 15 is 0 Å². The number of carboxylic acids is 1. The zero-order chi connectivity index (χ0) is 20.6. The van der Waals surface area contributed by atoms with Crippen LogP contribution in [-0.2, 0) is 9.59 Å². The van der Waals surface area contributed by atoms with Gasteiger partial charge < -0.3 is 15.2 Å². The molecule has 0 aliphatic heterocycles. The van der Waals surface area contributed by atoms with Gasteiger partial charge in [0.2, 0.25) is 5.91 Å². The third-order valence-electron chi connectivity index (χ3n) is 4.29. The molecule has 148 valence electrons. The number of amides is 1. The number of hydrogen-bond acceptors (Lipinski definition) is 3. The maximum Gasteiger partial charge on any atom is 0.303 e. The highest BCUT2D eigenvalue weighted by atomic mass is 35.5. The number of benzene rings is 3. The number of carbonyl (C=O) groups excluding carboxylic acids is 1. The second-order valence-corrected chi connectivity index (χ2v) is 6.98. The molecule has 3 aromatic rings. The second kappa shape index (κ2) is 9.75. The number of nitrogens with one attached hydrogen (secondary N) is 1. The van der Waals surface area contributed by atoms with Crippen molar-refractivity contribution >= 4 is 29.2 Å². The Morgan fingerprint density at radius 3 is 2.28 bits per heavy atom. The van der Waals surface area contributed by atoms with Gasteiger partial charge in [-0.3, -0.25) is 9.59 Å². The van der Waals surface area contributed by atoms with Crippen molar-refractivity contribution < 1.29 is 19.4 Å². The topological polar surface area (TPSA) is 75.6 Å². The molecule has 3 rings (SSSR count). The van der Waals surface area contributed by atoms with Gasteiger partial charge in [-0.1, -0.05) is 48.0 Å². The molecular weight excluding hydrogens is 390 g/mol. The standard InChI is InChI=1S/C23H20ClNO4/c24-18-7-4-8-21(15-18)29-20-11-9-19(10-12-20)25-22(26)13-17(14-23(27)28)16-5-2-1-3-6-16/h1-12,15,17H,13-14H2,(H,25,26)(H,27,28). The number of anilines is 1. The van der Waals surface area contributed by atoms with Crippen LogP contribution in [-0.4, -0.2) is 17.0 Å². The summed E-state index contributed by atoms with van der Waals surface area (Å²) in [6.45, 7) is 0. The van der Waals surface area contributed by atoms with Crippen molar-refractivity contribution in [1.29, 1.82) is 0 Å². The van der Waals surface area contributed by atoms with E-state index in [9.17, 15) is 9.59 Å². The lowest BCUT2D eigenvalue weighted by molar-refractivity contribution is -0.137. The number of carbonyl (C=O) groups is 2. The second-order valence-electron chi connectivity index (χ2n) is 6.54. The van der Waals surface area contributed by atoms with Gasteiger partial charge >= 0.3 is 5.97 Å². The van der Waals surface area contributed by atoms with Crippen LogP contribution < -0.4 is 10.1 Å². The summed E-state index contributed by atoms with van der Waals surface area (Å²) >= 11 is 5.95. The number of aliphatic carboxylic acids is 1. The van der Waals surface area contributed by atoms with Crippen LogP contribution in [0.25, 0.3) is 0 Å². The number of carboxylic acid groups (broad SMARTS) is 1. The minimum atomic E-state index is -0.936. The zero-order valence-corrected chi connectivity index (χ0v) is 16.3. The van der Waals surface area contributed by atoms with Crippen LogP contribution in [0.3, 0.4) is 0 Å². The van der Waals surface area contributed by atoms with Gasteiger partial charge in [0.25, 0.3) is 0 Å². The molecule has 0 aliphatic rings. The Morgan fingerprint density at radius 2 is 1.62 bits per heavy atom. The molecule has 6 heteroatoms. The first-order valence-electron chi connectivity index (χ1n) is 9.09. The first-order chi connectivity index (χ1) is 14.0. The molecule has 29 heavy (non-hydrogen) atoms. The first-order valence-corrected chi connectivity index (χ1v) is 9.47. The molecule has 0 bridgehead atoms. The summed E-state index contributed by atoms with van der Waals surface area (Å²) in [6, 6.07) is 23.2. The molecule has 0 saturated heterocycles. The SMILES string of the molecule is O=C(O)CC(CC(=O)Nc1ccc(Oc2cccc(Cl)c2)cc1)c1ccccc1. The average Bonchev–Trinajstić information content (AvgIpc) is 2.69. The van der Waals surface area contributed by atoms with E-state index in [2.05, 4.69) is 5.32 Å². The van der Waals surface area contributed by atoms with Gasteiger partial charge in [0, 0.05) is 23.0 Å². The molecule has 0 spiro atoms. The van der Waals surface area contributed by atoms with Crippen molar-refractivity contribution in [2.24, 2.45) is 0 Å². The van der Waals surface area contributed by atoms with E-state index in [4.69, 9.17) is 21.4 Å². The van der Waals surface area contributed by atoms with Gasteiger partial charge in [0.05, 0.1) is 6.42 Å². The fraction of sp³-hybridized carbons (Fsp3) is 0.130. The molecule has 0 aromatic heterocycles. The van der Waals surface area contributed by atoms with E-state index in [1.165, 1.54) is 0 Å². The van der Waals surface area contributed by atoms with E-state index in [1.54, 1.807) is 48.5 Å². The molecule has 0 fully saturated rings. The summed E-state index contributed by atoms with van der Waals surface area (Å²) in [5, 5.41) is 12.6. The third-order valence-corrected chi connectivity index (χ3v) is 4.53. The molecule has 0 aliphatic carbocycles. The van der Waals surface area contributed by atoms with Crippen molar-refractivity contribution in [2.75, 3.05) is 5.32 Å². The van der Waals surface area contributed by atoms with Crippen LogP contribution in [0.2, 0.25) is 5.02 Å². The van der Waals surface area contributed by atoms with E-state index in [-0.39, 0.29) is 24.7 Å². The van der Waals surface area contributed by atoms with Gasteiger partial charge in [-0.25, -0.2) is 0 Å². The Balaban J connectivity index is 1.61. The van der Waals surface area contributed by atoms with Crippen molar-refractivity contribution in [1.82, 2.24) is 0 Å². The third kappa shape index (κ3) is 6.36. The smallest absolute Gasteiger partial charge is 0.303 e. The predicted octanol–water partition coefficient (Wildman–Crippen LogP) is 5.72.